The Hall–Kier alpha value is -4.25. The number of hydrogen-bond donors (Lipinski definition) is 2. The summed E-state index contributed by atoms with van der Waals surface area (Å²) < 4.78 is 28.0. The Balaban J connectivity index is 1.50. The van der Waals surface area contributed by atoms with Crippen molar-refractivity contribution in [3.8, 4) is 0 Å². The van der Waals surface area contributed by atoms with E-state index in [1.165, 1.54) is 6.20 Å². The summed E-state index contributed by atoms with van der Waals surface area (Å²) >= 11 is 0. The summed E-state index contributed by atoms with van der Waals surface area (Å²) in [6.45, 7) is 1.82. The number of anilines is 1. The van der Waals surface area contributed by atoms with Crippen molar-refractivity contribution in [3.05, 3.63) is 75.3 Å². The number of aliphatic hydroxyl groups excluding tert-OH is 1. The largest absolute Gasteiger partial charge is 0.462 e. The van der Waals surface area contributed by atoms with Crippen LogP contribution in [0.4, 0.5) is 14.9 Å². The van der Waals surface area contributed by atoms with Crippen molar-refractivity contribution in [1.29, 1.82) is 0 Å². The zero-order valence-corrected chi connectivity index (χ0v) is 22.7. The molecular formula is C30H32FN3O7. The zero-order chi connectivity index (χ0) is 29.1. The van der Waals surface area contributed by atoms with Crippen LogP contribution in [0.25, 0.3) is 10.9 Å². The molecule has 1 aliphatic carbocycles. The number of nitrogens with zero attached hydrogens (tertiary/aromatic N) is 2. The quantitative estimate of drug-likeness (QED) is 0.281. The van der Waals surface area contributed by atoms with Gasteiger partial charge in [0.1, 0.15) is 18.0 Å². The van der Waals surface area contributed by atoms with Crippen LogP contribution in [-0.2, 0) is 16.1 Å². The first kappa shape index (κ1) is 28.3. The molecule has 2 fully saturated rings. The maximum absolute atomic E-state index is 15.9. The molecule has 216 valence electrons. The van der Waals surface area contributed by atoms with Crippen molar-refractivity contribution >= 4 is 34.9 Å². The molecule has 2 heterocycles. The number of fused-ring (bicyclic) bond motifs is 1. The number of esters is 1. The lowest BCUT2D eigenvalue weighted by atomic mass is 10.0. The maximum Gasteiger partial charge on any atom is 0.407 e. The van der Waals surface area contributed by atoms with Crippen molar-refractivity contribution in [2.75, 3.05) is 24.7 Å². The Morgan fingerprint density at radius 1 is 1.17 bits per heavy atom. The predicted octanol–water partition coefficient (Wildman–Crippen LogP) is 3.72. The molecule has 5 rings (SSSR count). The Labute approximate surface area is 235 Å². The molecule has 0 spiro atoms. The first-order valence-electron chi connectivity index (χ1n) is 13.8. The minimum atomic E-state index is -0.810. The third-order valence-electron chi connectivity index (χ3n) is 7.61. The zero-order valence-electron chi connectivity index (χ0n) is 22.7. The highest BCUT2D eigenvalue weighted by atomic mass is 19.1. The van der Waals surface area contributed by atoms with E-state index in [1.54, 1.807) is 16.4 Å². The number of halogens is 1. The summed E-state index contributed by atoms with van der Waals surface area (Å²) in [5.41, 5.74) is 0.119. The van der Waals surface area contributed by atoms with Gasteiger partial charge in [-0.3, -0.25) is 9.59 Å². The van der Waals surface area contributed by atoms with Crippen LogP contribution in [0.1, 0.15) is 64.9 Å². The molecular weight excluding hydrogens is 533 g/mol. The van der Waals surface area contributed by atoms with E-state index in [4.69, 9.17) is 9.47 Å². The predicted molar refractivity (Wildman–Crippen MR) is 149 cm³/mol. The van der Waals surface area contributed by atoms with Gasteiger partial charge in [-0.25, -0.2) is 14.0 Å². The monoisotopic (exact) mass is 565 g/mol. The molecule has 11 heteroatoms. The number of ether oxygens (including phenoxy) is 2. The molecule has 2 N–H and O–H groups in total. The van der Waals surface area contributed by atoms with Gasteiger partial charge in [-0.05, 0) is 44.2 Å². The van der Waals surface area contributed by atoms with Crippen LogP contribution < -0.4 is 15.6 Å². The Bertz CT molecular complexity index is 1520. The van der Waals surface area contributed by atoms with Crippen LogP contribution in [0, 0.1) is 5.82 Å². The summed E-state index contributed by atoms with van der Waals surface area (Å²) in [4.78, 5) is 52.7. The fraction of sp³-hybridized carbons (Fsp3) is 0.400. The van der Waals surface area contributed by atoms with E-state index >= 15 is 4.39 Å². The SMILES string of the molecule is CCOC(=O)c1cn(C2CC2)c2c(C=O)c(N3CCC(NC(=O)OCc4ccccc4)C3CCO)c(F)cc2c1=O. The standard InChI is InChI=1S/C30H32FN3O7/c1-2-40-29(38)21-15-34(19-8-9-19)26-20(28(21)37)14-23(31)27(22(26)16-36)33-12-10-24(25(33)11-13-35)32-30(39)41-17-18-6-4-3-5-7-18/h3-7,14-16,19,24-25,35H,2,8-13,17H2,1H3,(H,32,39). The first-order chi connectivity index (χ1) is 19.9. The highest BCUT2D eigenvalue weighted by molar-refractivity contribution is 6.04. The number of carbonyl (C=O) groups is 3. The molecule has 1 aliphatic heterocycles. The number of amides is 1. The Morgan fingerprint density at radius 2 is 1.93 bits per heavy atom. The molecule has 0 bridgehead atoms. The number of aldehydes is 1. The summed E-state index contributed by atoms with van der Waals surface area (Å²) in [5, 5.41) is 12.6. The topological polar surface area (TPSA) is 127 Å². The normalized spacial score (nSPS) is 18.4. The molecule has 0 radical (unpaired) electrons. The average molecular weight is 566 g/mol. The summed E-state index contributed by atoms with van der Waals surface area (Å²) in [5.74, 6) is -1.61. The van der Waals surface area contributed by atoms with Gasteiger partial charge in [0.25, 0.3) is 0 Å². The average Bonchev–Trinajstić information content (AvgIpc) is 3.75. The smallest absolute Gasteiger partial charge is 0.407 e. The number of hydrogen-bond acceptors (Lipinski definition) is 8. The third-order valence-corrected chi connectivity index (χ3v) is 7.61. The van der Waals surface area contributed by atoms with Gasteiger partial charge in [0, 0.05) is 25.4 Å². The summed E-state index contributed by atoms with van der Waals surface area (Å²) in [7, 11) is 0. The van der Waals surface area contributed by atoms with Crippen molar-refractivity contribution in [3.63, 3.8) is 0 Å². The van der Waals surface area contributed by atoms with Crippen LogP contribution in [0.3, 0.4) is 0 Å². The second-order valence-corrected chi connectivity index (χ2v) is 10.2. The number of carbonyl (C=O) groups excluding carboxylic acids is 3. The lowest BCUT2D eigenvalue weighted by Gasteiger charge is -2.31. The lowest BCUT2D eigenvalue weighted by molar-refractivity contribution is 0.0524. The fourth-order valence-electron chi connectivity index (χ4n) is 5.61. The van der Waals surface area contributed by atoms with Crippen LogP contribution >= 0.6 is 0 Å². The number of benzene rings is 2. The molecule has 10 nitrogen and oxygen atoms in total. The van der Waals surface area contributed by atoms with Crippen LogP contribution in [0.5, 0.6) is 0 Å². The van der Waals surface area contributed by atoms with Crippen LogP contribution in [0.15, 0.2) is 47.4 Å². The second kappa shape index (κ2) is 12.1. The molecule has 41 heavy (non-hydrogen) atoms. The summed E-state index contributed by atoms with van der Waals surface area (Å²) in [6, 6.07) is 9.18. The molecule has 3 aromatic rings. The molecule has 1 saturated heterocycles. The number of rotatable bonds is 10. The molecule has 2 unspecified atom stereocenters. The number of alkyl carbamates (subject to hydrolysis) is 1. The van der Waals surface area contributed by atoms with E-state index in [0.29, 0.717) is 12.7 Å². The highest BCUT2D eigenvalue weighted by Crippen LogP contribution is 2.41. The van der Waals surface area contributed by atoms with Gasteiger partial charge in [0.05, 0.1) is 40.8 Å². The first-order valence-corrected chi connectivity index (χ1v) is 13.8. The molecule has 2 aromatic carbocycles. The third kappa shape index (κ3) is 5.67. The molecule has 2 atom stereocenters. The van der Waals surface area contributed by atoms with E-state index in [0.717, 1.165) is 24.5 Å². The minimum absolute atomic E-state index is 0.00872. The van der Waals surface area contributed by atoms with E-state index < -0.39 is 35.4 Å². The van der Waals surface area contributed by atoms with Gasteiger partial charge in [-0.2, -0.15) is 0 Å². The number of aliphatic hydroxyl groups is 1. The number of pyridine rings is 1. The summed E-state index contributed by atoms with van der Waals surface area (Å²) in [6.07, 6.45) is 3.44. The van der Waals surface area contributed by atoms with Gasteiger partial charge in [0.15, 0.2) is 6.29 Å². The van der Waals surface area contributed by atoms with Crippen molar-refractivity contribution < 1.29 is 33.4 Å². The molecule has 1 aromatic heterocycles. The van der Waals surface area contributed by atoms with Crippen molar-refractivity contribution in [2.24, 2.45) is 0 Å². The number of aromatic nitrogens is 1. The number of nitrogens with one attached hydrogen (secondary N) is 1. The Kier molecular flexibility index (Phi) is 8.34. The van der Waals surface area contributed by atoms with Gasteiger partial charge in [-0.1, -0.05) is 30.3 Å². The minimum Gasteiger partial charge on any atom is -0.462 e. The van der Waals surface area contributed by atoms with E-state index in [1.807, 2.05) is 30.3 Å². The maximum atomic E-state index is 15.9. The molecule has 2 aliphatic rings. The van der Waals surface area contributed by atoms with Crippen LogP contribution in [0.2, 0.25) is 0 Å². The van der Waals surface area contributed by atoms with E-state index in [9.17, 15) is 24.3 Å². The van der Waals surface area contributed by atoms with E-state index in [-0.39, 0.29) is 66.5 Å². The van der Waals surface area contributed by atoms with Gasteiger partial charge >= 0.3 is 12.1 Å². The lowest BCUT2D eigenvalue weighted by Crippen LogP contribution is -2.46. The van der Waals surface area contributed by atoms with E-state index in [2.05, 4.69) is 5.32 Å². The van der Waals surface area contributed by atoms with Gasteiger partial charge in [-0.15, -0.1) is 0 Å². The van der Waals surface area contributed by atoms with Gasteiger partial charge < -0.3 is 29.4 Å². The molecule has 1 amide bonds. The Morgan fingerprint density at radius 3 is 2.59 bits per heavy atom. The fourth-order valence-corrected chi connectivity index (χ4v) is 5.61. The molecule has 1 saturated carbocycles. The highest BCUT2D eigenvalue weighted by Gasteiger charge is 2.39. The van der Waals surface area contributed by atoms with Crippen molar-refractivity contribution in [1.82, 2.24) is 9.88 Å². The van der Waals surface area contributed by atoms with Crippen molar-refractivity contribution in [2.45, 2.75) is 57.3 Å². The second-order valence-electron chi connectivity index (χ2n) is 10.2. The van der Waals surface area contributed by atoms with Crippen LogP contribution in [-0.4, -0.2) is 59.9 Å². The van der Waals surface area contributed by atoms with Gasteiger partial charge in [0.2, 0.25) is 5.43 Å².